The molecule has 5 rings (SSSR count). The van der Waals surface area contributed by atoms with Gasteiger partial charge in [-0.05, 0) is 72.6 Å². The van der Waals surface area contributed by atoms with Gasteiger partial charge < -0.3 is 19.7 Å². The number of azo groups is 1. The third-order valence-electron chi connectivity index (χ3n) is 7.06. The molecule has 3 aromatic carbocycles. The highest BCUT2D eigenvalue weighted by Crippen LogP contribution is 2.41. The summed E-state index contributed by atoms with van der Waals surface area (Å²) in [7, 11) is -3.78. The van der Waals surface area contributed by atoms with Gasteiger partial charge in [0.2, 0.25) is 21.0 Å². The van der Waals surface area contributed by atoms with E-state index in [1.54, 1.807) is 28.8 Å². The minimum atomic E-state index is -3.78. The predicted molar refractivity (Wildman–Crippen MR) is 165 cm³/mol. The van der Waals surface area contributed by atoms with Crippen LogP contribution in [0, 0.1) is 6.92 Å². The number of rotatable bonds is 7. The maximum Gasteiger partial charge on any atom is 0.243 e. The first kappa shape index (κ1) is 29.2. The highest BCUT2D eigenvalue weighted by molar-refractivity contribution is 7.89. The number of aryl methyl sites for hydroxylation is 2. The quantitative estimate of drug-likeness (QED) is 0.184. The molecule has 2 heterocycles. The van der Waals surface area contributed by atoms with Crippen molar-refractivity contribution in [2.24, 2.45) is 10.2 Å². The summed E-state index contributed by atoms with van der Waals surface area (Å²) < 4.78 is 35.2. The number of anilines is 1. The van der Waals surface area contributed by atoms with Crippen LogP contribution in [0.4, 0.5) is 11.4 Å². The van der Waals surface area contributed by atoms with Crippen molar-refractivity contribution >= 4 is 61.2 Å². The standard InChI is InChI=1S/C29H30ClN5O4S2/c1-3-21-6-4-5-19(2)26(21)31-29(40)33-32-27-24-17-23(41(37,38)34-13-15-39-16-14-34)11-12-25(24)35(28(27)36)18-20-7-9-22(30)10-8-20/h4-12,17,36H,3,13-16,18H2,1-2H3,(H,31,40). The fraction of sp³-hybridized carbons (Fsp3) is 0.276. The van der Waals surface area contributed by atoms with Gasteiger partial charge in [-0.2, -0.15) is 4.31 Å². The van der Waals surface area contributed by atoms with Gasteiger partial charge in [0.25, 0.3) is 0 Å². The van der Waals surface area contributed by atoms with E-state index < -0.39 is 10.0 Å². The number of halogens is 1. The van der Waals surface area contributed by atoms with Crippen molar-refractivity contribution in [1.82, 2.24) is 8.87 Å². The number of ether oxygens (including phenoxy) is 1. The summed E-state index contributed by atoms with van der Waals surface area (Å²) in [6, 6.07) is 18.0. The van der Waals surface area contributed by atoms with Gasteiger partial charge in [-0.15, -0.1) is 10.2 Å². The van der Waals surface area contributed by atoms with Crippen molar-refractivity contribution in [3.8, 4) is 5.88 Å². The van der Waals surface area contributed by atoms with Gasteiger partial charge in [0.1, 0.15) is 0 Å². The number of hydrogen-bond acceptors (Lipinski definition) is 6. The van der Waals surface area contributed by atoms with Crippen molar-refractivity contribution in [3.63, 3.8) is 0 Å². The number of sulfonamides is 1. The molecular weight excluding hydrogens is 582 g/mol. The Morgan fingerprint density at radius 2 is 1.85 bits per heavy atom. The number of benzene rings is 3. The molecule has 214 valence electrons. The molecule has 0 unspecified atom stereocenters. The van der Waals surface area contributed by atoms with Crippen LogP contribution in [0.3, 0.4) is 0 Å². The fourth-order valence-electron chi connectivity index (χ4n) is 4.86. The van der Waals surface area contributed by atoms with Crippen LogP contribution in [0.1, 0.15) is 23.6 Å². The van der Waals surface area contributed by atoms with E-state index >= 15 is 0 Å². The van der Waals surface area contributed by atoms with Gasteiger partial charge in [-0.3, -0.25) is 0 Å². The molecule has 1 aromatic heterocycles. The molecule has 0 radical (unpaired) electrons. The van der Waals surface area contributed by atoms with Crippen LogP contribution in [0.15, 0.2) is 75.8 Å². The molecule has 2 N–H and O–H groups in total. The Morgan fingerprint density at radius 1 is 1.12 bits per heavy atom. The molecule has 1 saturated heterocycles. The first-order chi connectivity index (χ1) is 19.7. The number of hydrogen-bond donors (Lipinski definition) is 2. The van der Waals surface area contributed by atoms with E-state index in [0.29, 0.717) is 35.7 Å². The molecule has 4 aromatic rings. The first-order valence-electron chi connectivity index (χ1n) is 13.2. The van der Waals surface area contributed by atoms with Gasteiger partial charge in [-0.25, -0.2) is 8.42 Å². The first-order valence-corrected chi connectivity index (χ1v) is 15.4. The van der Waals surface area contributed by atoms with Gasteiger partial charge in [0.15, 0.2) is 5.69 Å². The van der Waals surface area contributed by atoms with Crippen molar-refractivity contribution in [3.05, 3.63) is 82.4 Å². The lowest BCUT2D eigenvalue weighted by Gasteiger charge is -2.26. The van der Waals surface area contributed by atoms with Gasteiger partial charge in [0.05, 0.1) is 30.2 Å². The minimum absolute atomic E-state index is 0.0974. The van der Waals surface area contributed by atoms with E-state index in [1.807, 2.05) is 37.3 Å². The van der Waals surface area contributed by atoms with E-state index in [0.717, 1.165) is 28.8 Å². The Bertz CT molecular complexity index is 1730. The molecule has 9 nitrogen and oxygen atoms in total. The molecular formula is C29H30ClN5O4S2. The SMILES string of the molecule is CCc1cccc(C)c1NC(=S)N=Nc1c(O)n(Cc2ccc(Cl)cc2)c2ccc(S(=O)(=O)N3CCOCC3)cc12. The Morgan fingerprint density at radius 3 is 2.56 bits per heavy atom. The number of aromatic nitrogens is 1. The summed E-state index contributed by atoms with van der Waals surface area (Å²) >= 11 is 11.5. The number of nitrogens with one attached hydrogen (secondary N) is 1. The summed E-state index contributed by atoms with van der Waals surface area (Å²) in [5.41, 5.74) is 4.58. The van der Waals surface area contributed by atoms with Crippen molar-refractivity contribution in [2.45, 2.75) is 31.7 Å². The van der Waals surface area contributed by atoms with Crippen molar-refractivity contribution < 1.29 is 18.3 Å². The van der Waals surface area contributed by atoms with Crippen LogP contribution >= 0.6 is 23.8 Å². The summed E-state index contributed by atoms with van der Waals surface area (Å²) in [5.74, 6) is -0.160. The third kappa shape index (κ3) is 6.14. The van der Waals surface area contributed by atoms with Gasteiger partial charge in [-0.1, -0.05) is 48.9 Å². The Labute approximate surface area is 249 Å². The molecule has 12 heteroatoms. The van der Waals surface area contributed by atoms with Crippen molar-refractivity contribution in [1.29, 1.82) is 0 Å². The van der Waals surface area contributed by atoms with E-state index in [-0.39, 0.29) is 34.7 Å². The normalized spacial score (nSPS) is 14.6. The Kier molecular flexibility index (Phi) is 8.71. The number of aromatic hydroxyl groups is 1. The van der Waals surface area contributed by atoms with Gasteiger partial charge in [0, 0.05) is 29.2 Å². The molecule has 41 heavy (non-hydrogen) atoms. The molecule has 0 spiro atoms. The molecule has 0 bridgehead atoms. The highest BCUT2D eigenvalue weighted by Gasteiger charge is 2.28. The molecule has 0 saturated carbocycles. The predicted octanol–water partition coefficient (Wildman–Crippen LogP) is 6.42. The highest BCUT2D eigenvalue weighted by atomic mass is 35.5. The Balaban J connectivity index is 1.55. The average molecular weight is 612 g/mol. The van der Waals surface area contributed by atoms with Crippen LogP contribution in [0.2, 0.25) is 5.02 Å². The van der Waals surface area contributed by atoms with Crippen LogP contribution in [-0.4, -0.2) is 53.8 Å². The lowest BCUT2D eigenvalue weighted by molar-refractivity contribution is 0.0730. The number of para-hydroxylation sites is 1. The second kappa shape index (κ2) is 12.3. The Hall–Kier alpha value is -3.35. The minimum Gasteiger partial charge on any atom is -0.493 e. The second-order valence-corrected chi connectivity index (χ2v) is 12.4. The summed E-state index contributed by atoms with van der Waals surface area (Å²) in [5, 5.41) is 24.2. The van der Waals surface area contributed by atoms with Crippen molar-refractivity contribution in [2.75, 3.05) is 31.6 Å². The average Bonchev–Trinajstić information content (AvgIpc) is 3.24. The lowest BCUT2D eigenvalue weighted by atomic mass is 10.1. The zero-order chi connectivity index (χ0) is 29.1. The number of morpholine rings is 1. The number of thiocarbonyl (C=S) groups is 1. The van der Waals surface area contributed by atoms with E-state index in [2.05, 4.69) is 22.5 Å². The largest absolute Gasteiger partial charge is 0.493 e. The summed E-state index contributed by atoms with van der Waals surface area (Å²) in [6.45, 7) is 5.56. The van der Waals surface area contributed by atoms with Crippen LogP contribution < -0.4 is 5.32 Å². The molecule has 1 aliphatic heterocycles. The maximum absolute atomic E-state index is 13.4. The van der Waals surface area contributed by atoms with Crippen LogP contribution in [0.25, 0.3) is 10.9 Å². The maximum atomic E-state index is 13.4. The monoisotopic (exact) mass is 611 g/mol. The number of fused-ring (bicyclic) bond motifs is 1. The fourth-order valence-corrected chi connectivity index (χ4v) is 6.56. The smallest absolute Gasteiger partial charge is 0.243 e. The molecule has 0 aliphatic carbocycles. The third-order valence-corrected chi connectivity index (χ3v) is 9.39. The summed E-state index contributed by atoms with van der Waals surface area (Å²) in [4.78, 5) is 0.0974. The molecule has 0 atom stereocenters. The van der Waals surface area contributed by atoms with E-state index in [4.69, 9.17) is 28.6 Å². The van der Waals surface area contributed by atoms with E-state index in [1.165, 1.54) is 10.4 Å². The topological polar surface area (TPSA) is 109 Å². The number of nitrogens with zero attached hydrogens (tertiary/aromatic N) is 4. The van der Waals surface area contributed by atoms with Crippen LogP contribution in [0.5, 0.6) is 5.88 Å². The lowest BCUT2D eigenvalue weighted by Crippen LogP contribution is -2.40. The van der Waals surface area contributed by atoms with Gasteiger partial charge >= 0.3 is 0 Å². The molecule has 1 aliphatic rings. The zero-order valence-corrected chi connectivity index (χ0v) is 25.1. The molecule has 0 amide bonds. The van der Waals surface area contributed by atoms with Crippen LogP contribution in [-0.2, 0) is 27.7 Å². The summed E-state index contributed by atoms with van der Waals surface area (Å²) in [6.07, 6.45) is 0.809. The molecule has 1 fully saturated rings. The second-order valence-electron chi connectivity index (χ2n) is 9.67. The zero-order valence-electron chi connectivity index (χ0n) is 22.7. The van der Waals surface area contributed by atoms with E-state index in [9.17, 15) is 13.5 Å².